The average molecular weight is 1300 g/mol. The highest BCUT2D eigenvalue weighted by Crippen LogP contribution is 2.48. The maximum absolute atomic E-state index is 4.16. The van der Waals surface area contributed by atoms with Crippen LogP contribution in [-0.4, -0.2) is 0 Å². The molecule has 0 amide bonds. The number of hydrogen-bond acceptors (Lipinski definition) is 0. The molecule has 0 saturated heterocycles. The van der Waals surface area contributed by atoms with Gasteiger partial charge in [-0.1, -0.05) is 317 Å². The van der Waals surface area contributed by atoms with Crippen LogP contribution in [0, 0.1) is 0 Å². The van der Waals surface area contributed by atoms with Crippen molar-refractivity contribution in [1.82, 2.24) is 0 Å². The number of hydrogen-bond donors (Lipinski definition) is 0. The van der Waals surface area contributed by atoms with Crippen LogP contribution in [0.4, 0.5) is 0 Å². The lowest BCUT2D eigenvalue weighted by atomic mass is 9.88. The highest BCUT2D eigenvalue weighted by Gasteiger charge is 2.21. The molecule has 7 aromatic rings. The smallest absolute Gasteiger partial charge is 0.0261 e. The fourth-order valence-corrected chi connectivity index (χ4v) is 13.5. The van der Waals surface area contributed by atoms with E-state index in [9.17, 15) is 0 Å². The fourth-order valence-electron chi connectivity index (χ4n) is 11.3. The zero-order valence-electron chi connectivity index (χ0n) is 48.0. The first-order valence-corrected chi connectivity index (χ1v) is 33.9. The lowest BCUT2D eigenvalue weighted by Crippen LogP contribution is -1.94. The highest BCUT2D eigenvalue weighted by atomic mass is 79.9. The van der Waals surface area contributed by atoms with Gasteiger partial charge in [-0.2, -0.15) is 0 Å². The molecule has 0 aliphatic rings. The van der Waals surface area contributed by atoms with Crippen LogP contribution < -0.4 is 0 Å². The minimum Gasteiger partial charge on any atom is -0.0654 e. The quantitative estimate of drug-likeness (QED) is 0.0353. The maximum atomic E-state index is 4.16. The van der Waals surface area contributed by atoms with Gasteiger partial charge in [0.25, 0.3) is 0 Å². The molecule has 0 fully saturated rings. The molecule has 0 nitrogen and oxygen atoms in total. The summed E-state index contributed by atoms with van der Waals surface area (Å²) in [5.74, 6) is 0. The highest BCUT2D eigenvalue weighted by molar-refractivity contribution is 9.11. The number of aryl methyl sites for hydroxylation is 4. The Morgan fingerprint density at radius 2 is 0.385 bits per heavy atom. The third-order valence-corrected chi connectivity index (χ3v) is 18.8. The molecule has 0 bridgehead atoms. The normalized spacial score (nSPS) is 11.5. The van der Waals surface area contributed by atoms with Gasteiger partial charge >= 0.3 is 0 Å². The minimum atomic E-state index is 1.05. The zero-order chi connectivity index (χ0) is 54.9. The van der Waals surface area contributed by atoms with Gasteiger partial charge in [-0.15, -0.1) is 0 Å². The van der Waals surface area contributed by atoms with E-state index in [4.69, 9.17) is 0 Å². The summed E-state index contributed by atoms with van der Waals surface area (Å²) in [6.07, 6.45) is 36.2. The van der Waals surface area contributed by atoms with E-state index in [0.29, 0.717) is 0 Å². The molecule has 0 aliphatic heterocycles. The van der Waals surface area contributed by atoms with Crippen molar-refractivity contribution in [1.29, 1.82) is 0 Å². The monoisotopic (exact) mass is 1290 g/mol. The third-order valence-electron chi connectivity index (χ3n) is 16.2. The molecule has 0 aromatic heterocycles. The maximum Gasteiger partial charge on any atom is 0.0261 e. The SMILES string of the molecule is CCCCCCCCc1ccc(-c2cc(Br)c(-c3cc(Br)c(-c4cc(-c5ccc(CCCCCCCC)cc5)c(-c5ccc(CCCCCCCC)cc5)cc4Br)cc3Br)cc2-c2ccc(CCCCCCCC)cc2)cc1. The topological polar surface area (TPSA) is 0 Å². The number of unbranched alkanes of at least 4 members (excludes halogenated alkanes) is 20. The van der Waals surface area contributed by atoms with Gasteiger partial charge in [-0.05, 0) is 177 Å². The van der Waals surface area contributed by atoms with Crippen molar-refractivity contribution in [3.05, 3.63) is 174 Å². The molecule has 0 aliphatic carbocycles. The van der Waals surface area contributed by atoms with Crippen molar-refractivity contribution in [2.24, 2.45) is 0 Å². The van der Waals surface area contributed by atoms with Gasteiger partial charge in [0, 0.05) is 17.9 Å². The summed E-state index contributed by atoms with van der Waals surface area (Å²) >= 11 is 16.6. The van der Waals surface area contributed by atoms with Crippen molar-refractivity contribution in [3.63, 3.8) is 0 Å². The molecular weight excluding hydrogens is 1210 g/mol. The van der Waals surface area contributed by atoms with Gasteiger partial charge in [-0.25, -0.2) is 0 Å². The van der Waals surface area contributed by atoms with Crippen molar-refractivity contribution < 1.29 is 0 Å². The Kier molecular flexibility index (Phi) is 27.1. The predicted molar refractivity (Wildman–Crippen MR) is 358 cm³/mol. The van der Waals surface area contributed by atoms with E-state index in [0.717, 1.165) is 65.8 Å². The molecule has 7 aromatic carbocycles. The summed E-state index contributed by atoms with van der Waals surface area (Å²) in [6, 6.07) is 51.9. The second-order valence-electron chi connectivity index (χ2n) is 22.4. The van der Waals surface area contributed by atoms with Crippen molar-refractivity contribution >= 4 is 63.7 Å². The molecule has 0 saturated carbocycles. The first kappa shape index (κ1) is 62.1. The fraction of sp³-hybridized carbons (Fsp3) is 0.432. The van der Waals surface area contributed by atoms with Crippen LogP contribution in [0.3, 0.4) is 0 Å². The number of rotatable bonds is 34. The Bertz CT molecular complexity index is 2660. The molecule has 0 heterocycles. The summed E-state index contributed by atoms with van der Waals surface area (Å²) in [6.45, 7) is 9.18. The second kappa shape index (κ2) is 34.0. The van der Waals surface area contributed by atoms with Crippen LogP contribution in [0.5, 0.6) is 0 Å². The first-order chi connectivity index (χ1) is 38.2. The lowest BCUT2D eigenvalue weighted by molar-refractivity contribution is 0.607. The van der Waals surface area contributed by atoms with E-state index < -0.39 is 0 Å². The van der Waals surface area contributed by atoms with Crippen molar-refractivity contribution in [2.75, 3.05) is 0 Å². The van der Waals surface area contributed by atoms with Gasteiger partial charge in [0.2, 0.25) is 0 Å². The van der Waals surface area contributed by atoms with E-state index >= 15 is 0 Å². The average Bonchev–Trinajstić information content (AvgIpc) is 3.51. The summed E-state index contributed by atoms with van der Waals surface area (Å²) in [5, 5.41) is 0. The predicted octanol–water partition coefficient (Wildman–Crippen LogP) is 26.4. The summed E-state index contributed by atoms with van der Waals surface area (Å²) in [5.41, 5.74) is 20.2. The van der Waals surface area contributed by atoms with Crippen molar-refractivity contribution in [2.45, 2.75) is 207 Å². The number of halogens is 4. The van der Waals surface area contributed by atoms with Gasteiger partial charge in [-0.3, -0.25) is 0 Å². The minimum absolute atomic E-state index is 1.05. The number of benzene rings is 7. The molecule has 0 unspecified atom stereocenters. The van der Waals surface area contributed by atoms with Crippen LogP contribution in [-0.2, 0) is 25.7 Å². The molecule has 414 valence electrons. The van der Waals surface area contributed by atoms with Crippen LogP contribution in [0.25, 0.3) is 66.8 Å². The molecule has 0 spiro atoms. The summed E-state index contributed by atoms with van der Waals surface area (Å²) in [7, 11) is 0. The Balaban J connectivity index is 1.21. The molecule has 7 rings (SSSR count). The van der Waals surface area contributed by atoms with Crippen LogP contribution in [0.2, 0.25) is 0 Å². The van der Waals surface area contributed by atoms with E-state index in [2.05, 4.69) is 225 Å². The largest absolute Gasteiger partial charge is 0.0654 e. The van der Waals surface area contributed by atoms with E-state index in [1.807, 2.05) is 0 Å². The molecular formula is C74H90Br4. The van der Waals surface area contributed by atoms with E-state index in [1.54, 1.807) is 0 Å². The van der Waals surface area contributed by atoms with E-state index in [-0.39, 0.29) is 0 Å². The lowest BCUT2D eigenvalue weighted by Gasteiger charge is -2.19. The molecule has 0 N–H and O–H groups in total. The summed E-state index contributed by atoms with van der Waals surface area (Å²) in [4.78, 5) is 0. The third kappa shape index (κ3) is 18.8. The van der Waals surface area contributed by atoms with E-state index in [1.165, 1.54) is 221 Å². The van der Waals surface area contributed by atoms with Crippen molar-refractivity contribution in [3.8, 4) is 66.8 Å². The van der Waals surface area contributed by atoms with Crippen LogP contribution in [0.15, 0.2) is 151 Å². The molecule has 78 heavy (non-hydrogen) atoms. The summed E-state index contributed by atoms with van der Waals surface area (Å²) < 4.78 is 4.24. The Labute approximate surface area is 507 Å². The van der Waals surface area contributed by atoms with Crippen LogP contribution in [0.1, 0.15) is 204 Å². The van der Waals surface area contributed by atoms with Gasteiger partial charge in [0.15, 0.2) is 0 Å². The molecule has 4 heteroatoms. The van der Waals surface area contributed by atoms with Gasteiger partial charge < -0.3 is 0 Å². The van der Waals surface area contributed by atoms with Gasteiger partial charge in [0.05, 0.1) is 0 Å². The zero-order valence-corrected chi connectivity index (χ0v) is 54.4. The Morgan fingerprint density at radius 3 is 0.615 bits per heavy atom. The molecule has 0 radical (unpaired) electrons. The van der Waals surface area contributed by atoms with Crippen LogP contribution >= 0.6 is 63.7 Å². The Hall–Kier alpha value is -3.54. The standard InChI is InChI=1S/C74H90Br4/c1-5-9-13-17-21-25-29-55-33-41-59(42-34-55)63-49-67(71(75)51-65(63)61-45-37-57(38-46-61)31-27-23-19-15-11-7-3)69-53-74(78)70(54-73(69)77)68-50-64(60-43-35-56(36-44-60)30-26-22-18-14-10-6-2)66(52-72(68)76)62-47-39-58(40-48-62)32-28-24-20-16-12-8-4/h33-54H,5-32H2,1-4H3. The first-order valence-electron chi connectivity index (χ1n) is 30.7. The van der Waals surface area contributed by atoms with Gasteiger partial charge in [0.1, 0.15) is 0 Å². The Morgan fingerprint density at radius 1 is 0.205 bits per heavy atom. The second-order valence-corrected chi connectivity index (χ2v) is 25.8. The molecule has 0 atom stereocenters.